The minimum atomic E-state index is -0.370. The highest BCUT2D eigenvalue weighted by molar-refractivity contribution is 5.85. The fourth-order valence-electron chi connectivity index (χ4n) is 1.17. The van der Waals surface area contributed by atoms with Gasteiger partial charge in [-0.05, 0) is 18.6 Å². The molecule has 0 unspecified atom stereocenters. The molecule has 0 aliphatic heterocycles. The molecule has 1 rings (SSSR count). The topological polar surface area (TPSA) is 63.2 Å². The summed E-state index contributed by atoms with van der Waals surface area (Å²) in [5, 5.41) is 5.82. The van der Waals surface area contributed by atoms with Crippen LogP contribution < -0.4 is 10.6 Å². The fourth-order valence-corrected chi connectivity index (χ4v) is 1.17. The maximum absolute atomic E-state index is 10.9. The Labute approximate surface area is 107 Å². The Morgan fingerprint density at radius 1 is 1.47 bits per heavy atom. The van der Waals surface area contributed by atoms with Gasteiger partial charge in [0.1, 0.15) is 0 Å². The molecule has 1 aromatic rings. The summed E-state index contributed by atoms with van der Waals surface area (Å²) in [5.41, 5.74) is 1.12. The zero-order chi connectivity index (χ0) is 11.6. The van der Waals surface area contributed by atoms with Crippen LogP contribution in [0.25, 0.3) is 0 Å². The van der Waals surface area contributed by atoms with Crippen molar-refractivity contribution in [3.63, 3.8) is 0 Å². The lowest BCUT2D eigenvalue weighted by atomic mass is 10.3. The Morgan fingerprint density at radius 3 is 2.94 bits per heavy atom. The highest BCUT2D eigenvalue weighted by Gasteiger charge is 1.97. The molecule has 0 aliphatic rings. The molecule has 1 aromatic heterocycles. The van der Waals surface area contributed by atoms with Gasteiger partial charge in [-0.1, -0.05) is 6.07 Å². The van der Waals surface area contributed by atoms with Crippen molar-refractivity contribution in [2.24, 2.45) is 0 Å². The first-order chi connectivity index (χ1) is 7.83. The second kappa shape index (κ2) is 9.86. The predicted molar refractivity (Wildman–Crippen MR) is 68.2 cm³/mol. The van der Waals surface area contributed by atoms with E-state index in [-0.39, 0.29) is 18.5 Å². The lowest BCUT2D eigenvalue weighted by molar-refractivity contribution is 0.152. The van der Waals surface area contributed by atoms with E-state index in [0.29, 0.717) is 19.7 Å². The zero-order valence-corrected chi connectivity index (χ0v) is 10.6. The third-order valence-corrected chi connectivity index (χ3v) is 1.90. The standard InChI is InChI=1S/C11H17N3O2.ClH/c1-2-16-11(15)14-7-6-13-9-10-4-3-5-12-8-10;/h3-5,8,13H,2,6-7,9H2,1H3,(H,14,15);1H. The van der Waals surface area contributed by atoms with E-state index in [9.17, 15) is 4.79 Å². The molecule has 96 valence electrons. The number of rotatable bonds is 6. The Balaban J connectivity index is 0.00000256. The van der Waals surface area contributed by atoms with Crippen molar-refractivity contribution in [2.75, 3.05) is 19.7 Å². The van der Waals surface area contributed by atoms with E-state index in [1.54, 1.807) is 13.1 Å². The molecular formula is C11H18ClN3O2. The van der Waals surface area contributed by atoms with Crippen LogP contribution in [0.5, 0.6) is 0 Å². The van der Waals surface area contributed by atoms with Gasteiger partial charge < -0.3 is 15.4 Å². The number of alkyl carbamates (subject to hydrolysis) is 1. The monoisotopic (exact) mass is 259 g/mol. The maximum atomic E-state index is 10.9. The fraction of sp³-hybridized carbons (Fsp3) is 0.455. The molecule has 6 heteroatoms. The molecule has 2 N–H and O–H groups in total. The summed E-state index contributed by atoms with van der Waals surface area (Å²) in [5.74, 6) is 0. The Bertz CT molecular complexity index is 309. The second-order valence-corrected chi connectivity index (χ2v) is 3.19. The van der Waals surface area contributed by atoms with Crippen molar-refractivity contribution in [3.8, 4) is 0 Å². The molecule has 17 heavy (non-hydrogen) atoms. The summed E-state index contributed by atoms with van der Waals surface area (Å²) in [6.45, 7) is 4.18. The molecule has 1 heterocycles. The van der Waals surface area contributed by atoms with E-state index in [0.717, 1.165) is 12.1 Å². The van der Waals surface area contributed by atoms with Crippen LogP contribution in [-0.4, -0.2) is 30.8 Å². The summed E-state index contributed by atoms with van der Waals surface area (Å²) in [7, 11) is 0. The van der Waals surface area contributed by atoms with Crippen LogP contribution in [-0.2, 0) is 11.3 Å². The molecular weight excluding hydrogens is 242 g/mol. The average molecular weight is 260 g/mol. The van der Waals surface area contributed by atoms with Crippen molar-refractivity contribution in [3.05, 3.63) is 30.1 Å². The van der Waals surface area contributed by atoms with Gasteiger partial charge in [-0.2, -0.15) is 0 Å². The van der Waals surface area contributed by atoms with Gasteiger partial charge in [-0.3, -0.25) is 4.98 Å². The number of hydrogen-bond donors (Lipinski definition) is 2. The van der Waals surface area contributed by atoms with Crippen LogP contribution >= 0.6 is 12.4 Å². The highest BCUT2D eigenvalue weighted by Crippen LogP contribution is 1.93. The number of nitrogens with zero attached hydrogens (tertiary/aromatic N) is 1. The van der Waals surface area contributed by atoms with E-state index in [1.165, 1.54) is 0 Å². The smallest absolute Gasteiger partial charge is 0.407 e. The van der Waals surface area contributed by atoms with Crippen molar-refractivity contribution < 1.29 is 9.53 Å². The quantitative estimate of drug-likeness (QED) is 0.757. The zero-order valence-electron chi connectivity index (χ0n) is 9.81. The lowest BCUT2D eigenvalue weighted by Crippen LogP contribution is -2.32. The number of carbonyl (C=O) groups excluding carboxylic acids is 1. The van der Waals surface area contributed by atoms with E-state index >= 15 is 0 Å². The van der Waals surface area contributed by atoms with E-state index in [1.807, 2.05) is 18.3 Å². The number of aromatic nitrogens is 1. The van der Waals surface area contributed by atoms with Gasteiger partial charge in [0, 0.05) is 32.0 Å². The molecule has 0 radical (unpaired) electrons. The summed E-state index contributed by atoms with van der Waals surface area (Å²) < 4.78 is 4.72. The van der Waals surface area contributed by atoms with Crippen LogP contribution in [0.2, 0.25) is 0 Å². The van der Waals surface area contributed by atoms with Gasteiger partial charge in [-0.25, -0.2) is 4.79 Å². The van der Waals surface area contributed by atoms with Gasteiger partial charge in [0.2, 0.25) is 0 Å². The molecule has 0 bridgehead atoms. The summed E-state index contributed by atoms with van der Waals surface area (Å²) in [4.78, 5) is 14.9. The summed E-state index contributed by atoms with van der Waals surface area (Å²) in [6, 6.07) is 3.90. The molecule has 5 nitrogen and oxygen atoms in total. The number of nitrogens with one attached hydrogen (secondary N) is 2. The summed E-state index contributed by atoms with van der Waals surface area (Å²) >= 11 is 0. The summed E-state index contributed by atoms with van der Waals surface area (Å²) in [6.07, 6.45) is 3.18. The van der Waals surface area contributed by atoms with E-state index in [2.05, 4.69) is 15.6 Å². The van der Waals surface area contributed by atoms with Crippen LogP contribution in [0.15, 0.2) is 24.5 Å². The highest BCUT2D eigenvalue weighted by atomic mass is 35.5. The lowest BCUT2D eigenvalue weighted by Gasteiger charge is -2.06. The first kappa shape index (κ1) is 15.7. The van der Waals surface area contributed by atoms with Crippen molar-refractivity contribution in [1.82, 2.24) is 15.6 Å². The van der Waals surface area contributed by atoms with E-state index < -0.39 is 0 Å². The van der Waals surface area contributed by atoms with Gasteiger partial charge in [0.25, 0.3) is 0 Å². The minimum Gasteiger partial charge on any atom is -0.450 e. The van der Waals surface area contributed by atoms with Crippen molar-refractivity contribution in [2.45, 2.75) is 13.5 Å². The number of pyridine rings is 1. The van der Waals surface area contributed by atoms with Crippen molar-refractivity contribution in [1.29, 1.82) is 0 Å². The first-order valence-electron chi connectivity index (χ1n) is 5.33. The number of hydrogen-bond acceptors (Lipinski definition) is 4. The van der Waals surface area contributed by atoms with Crippen LogP contribution in [0.4, 0.5) is 4.79 Å². The third-order valence-electron chi connectivity index (χ3n) is 1.90. The van der Waals surface area contributed by atoms with Gasteiger partial charge in [-0.15, -0.1) is 12.4 Å². The van der Waals surface area contributed by atoms with Crippen LogP contribution in [0.3, 0.4) is 0 Å². The van der Waals surface area contributed by atoms with E-state index in [4.69, 9.17) is 4.74 Å². The normalized spacial score (nSPS) is 9.24. The average Bonchev–Trinajstić information content (AvgIpc) is 2.30. The second-order valence-electron chi connectivity index (χ2n) is 3.19. The Morgan fingerprint density at radius 2 is 2.29 bits per heavy atom. The minimum absolute atomic E-state index is 0. The molecule has 0 saturated carbocycles. The SMILES string of the molecule is CCOC(=O)NCCNCc1cccnc1.Cl. The largest absolute Gasteiger partial charge is 0.450 e. The molecule has 0 spiro atoms. The van der Waals surface area contributed by atoms with Gasteiger partial charge in [0.15, 0.2) is 0 Å². The Hall–Kier alpha value is -1.33. The number of ether oxygens (including phenoxy) is 1. The molecule has 0 saturated heterocycles. The maximum Gasteiger partial charge on any atom is 0.407 e. The number of amides is 1. The van der Waals surface area contributed by atoms with Crippen molar-refractivity contribution >= 4 is 18.5 Å². The third kappa shape index (κ3) is 7.54. The van der Waals surface area contributed by atoms with Gasteiger partial charge >= 0.3 is 6.09 Å². The molecule has 0 aliphatic carbocycles. The molecule has 0 fully saturated rings. The molecule has 0 atom stereocenters. The first-order valence-corrected chi connectivity index (χ1v) is 5.33. The number of halogens is 1. The van der Waals surface area contributed by atoms with Crippen LogP contribution in [0.1, 0.15) is 12.5 Å². The van der Waals surface area contributed by atoms with Gasteiger partial charge in [0.05, 0.1) is 6.61 Å². The van der Waals surface area contributed by atoms with Crippen LogP contribution in [0, 0.1) is 0 Å². The predicted octanol–water partition coefficient (Wildman–Crippen LogP) is 1.34. The number of carbonyl (C=O) groups is 1. The Kier molecular flexibility index (Phi) is 9.09. The molecule has 0 aromatic carbocycles. The molecule has 1 amide bonds.